The van der Waals surface area contributed by atoms with Crippen molar-refractivity contribution in [2.24, 2.45) is 0 Å². The van der Waals surface area contributed by atoms with Crippen molar-refractivity contribution in [3.05, 3.63) is 95.8 Å². The molecule has 2 heterocycles. The third-order valence-electron chi connectivity index (χ3n) is 5.98. The normalized spacial score (nSPS) is 15.4. The first-order valence-electron chi connectivity index (χ1n) is 11.4. The number of ether oxygens (including phenoxy) is 1. The molecule has 33 heavy (non-hydrogen) atoms. The summed E-state index contributed by atoms with van der Waals surface area (Å²) in [5.41, 5.74) is 2.90. The summed E-state index contributed by atoms with van der Waals surface area (Å²) in [5, 5.41) is 10.4. The minimum atomic E-state index is -0.595. The Balaban J connectivity index is 1.32. The molecule has 1 amide bonds. The zero-order chi connectivity index (χ0) is 23.0. The summed E-state index contributed by atoms with van der Waals surface area (Å²) in [5.74, 6) is 0.538. The number of aliphatic hydroxyl groups excluding tert-OH is 1. The molecule has 1 saturated heterocycles. The van der Waals surface area contributed by atoms with E-state index in [0.717, 1.165) is 29.9 Å². The highest BCUT2D eigenvalue weighted by Gasteiger charge is 2.30. The molecule has 4 rings (SSSR count). The van der Waals surface area contributed by atoms with Gasteiger partial charge in [0.25, 0.3) is 0 Å². The van der Waals surface area contributed by atoms with Crippen molar-refractivity contribution in [1.29, 1.82) is 0 Å². The summed E-state index contributed by atoms with van der Waals surface area (Å²) >= 11 is 0. The fraction of sp³-hybridized carbons (Fsp3) is 0.333. The second kappa shape index (κ2) is 11.1. The maximum atomic E-state index is 13.5. The number of amides is 1. The lowest BCUT2D eigenvalue weighted by molar-refractivity contribution is -0.133. The van der Waals surface area contributed by atoms with Gasteiger partial charge < -0.3 is 14.7 Å². The van der Waals surface area contributed by atoms with Gasteiger partial charge in [0.1, 0.15) is 18.5 Å². The van der Waals surface area contributed by atoms with Gasteiger partial charge in [-0.2, -0.15) is 0 Å². The van der Waals surface area contributed by atoms with Crippen LogP contribution in [0.1, 0.15) is 22.7 Å². The van der Waals surface area contributed by atoms with Gasteiger partial charge in [0.05, 0.1) is 5.92 Å². The average molecular weight is 446 g/mol. The highest BCUT2D eigenvalue weighted by Crippen LogP contribution is 2.27. The van der Waals surface area contributed by atoms with Crippen molar-refractivity contribution in [3.8, 4) is 5.75 Å². The zero-order valence-electron chi connectivity index (χ0n) is 19.0. The van der Waals surface area contributed by atoms with Crippen molar-refractivity contribution in [2.75, 3.05) is 39.3 Å². The maximum absolute atomic E-state index is 13.5. The lowest BCUT2D eigenvalue weighted by Crippen LogP contribution is -2.52. The zero-order valence-corrected chi connectivity index (χ0v) is 19.0. The van der Waals surface area contributed by atoms with Crippen LogP contribution in [0.25, 0.3) is 0 Å². The number of piperazine rings is 1. The summed E-state index contributed by atoms with van der Waals surface area (Å²) in [6.07, 6.45) is 1.10. The number of carbonyl (C=O) groups excluding carboxylic acids is 1. The van der Waals surface area contributed by atoms with Gasteiger partial charge in [0.2, 0.25) is 5.91 Å². The summed E-state index contributed by atoms with van der Waals surface area (Å²) in [4.78, 5) is 21.8. The Morgan fingerprint density at radius 3 is 2.15 bits per heavy atom. The van der Waals surface area contributed by atoms with E-state index in [9.17, 15) is 9.90 Å². The topological polar surface area (TPSA) is 65.9 Å². The van der Waals surface area contributed by atoms with Gasteiger partial charge in [0.15, 0.2) is 0 Å². The van der Waals surface area contributed by atoms with Crippen LogP contribution in [0.2, 0.25) is 0 Å². The van der Waals surface area contributed by atoms with Crippen molar-refractivity contribution >= 4 is 5.91 Å². The molecule has 1 aliphatic rings. The van der Waals surface area contributed by atoms with Crippen LogP contribution >= 0.6 is 0 Å². The molecule has 0 spiro atoms. The van der Waals surface area contributed by atoms with Gasteiger partial charge >= 0.3 is 0 Å². The van der Waals surface area contributed by atoms with E-state index in [4.69, 9.17) is 4.74 Å². The number of aromatic nitrogens is 1. The monoisotopic (exact) mass is 445 g/mol. The number of hydrogen-bond donors (Lipinski definition) is 1. The minimum Gasteiger partial charge on any atom is -0.491 e. The van der Waals surface area contributed by atoms with Gasteiger partial charge in [-0.1, -0.05) is 60.7 Å². The van der Waals surface area contributed by atoms with Crippen LogP contribution < -0.4 is 4.74 Å². The Hall–Kier alpha value is -3.22. The summed E-state index contributed by atoms with van der Waals surface area (Å²) in [6, 6.07) is 23.6. The van der Waals surface area contributed by atoms with Crippen molar-refractivity contribution in [2.45, 2.75) is 18.9 Å². The van der Waals surface area contributed by atoms with Crippen LogP contribution in [0, 0.1) is 6.92 Å². The first kappa shape index (κ1) is 23.0. The van der Waals surface area contributed by atoms with E-state index in [1.807, 2.05) is 78.6 Å². The second-order valence-corrected chi connectivity index (χ2v) is 8.48. The number of aliphatic hydroxyl groups is 1. The largest absolute Gasteiger partial charge is 0.491 e. The number of aryl methyl sites for hydroxylation is 1. The van der Waals surface area contributed by atoms with Crippen LogP contribution in [-0.2, 0) is 4.79 Å². The minimum absolute atomic E-state index is 0.129. The molecule has 1 fully saturated rings. The molecule has 0 aliphatic carbocycles. The van der Waals surface area contributed by atoms with E-state index in [1.165, 1.54) is 0 Å². The average Bonchev–Trinajstić information content (AvgIpc) is 2.85. The lowest BCUT2D eigenvalue weighted by atomic mass is 9.90. The van der Waals surface area contributed by atoms with E-state index in [-0.39, 0.29) is 18.4 Å². The molecule has 0 bridgehead atoms. The highest BCUT2D eigenvalue weighted by atomic mass is 16.5. The van der Waals surface area contributed by atoms with Gasteiger partial charge in [-0.05, 0) is 24.1 Å². The molecule has 3 aromatic rings. The Morgan fingerprint density at radius 2 is 1.58 bits per heavy atom. The fourth-order valence-electron chi connectivity index (χ4n) is 4.25. The predicted molar refractivity (Wildman–Crippen MR) is 128 cm³/mol. The second-order valence-electron chi connectivity index (χ2n) is 8.48. The van der Waals surface area contributed by atoms with Crippen LogP contribution in [0.3, 0.4) is 0 Å². The van der Waals surface area contributed by atoms with Crippen LogP contribution in [0.5, 0.6) is 5.75 Å². The fourth-order valence-corrected chi connectivity index (χ4v) is 4.25. The molecule has 1 N–H and O–H groups in total. The molecule has 1 atom stereocenters. The Kier molecular flexibility index (Phi) is 7.70. The Morgan fingerprint density at radius 1 is 0.970 bits per heavy atom. The number of nitrogens with zero attached hydrogens (tertiary/aromatic N) is 3. The molecule has 0 radical (unpaired) electrons. The molecule has 0 saturated carbocycles. The van der Waals surface area contributed by atoms with E-state index in [1.54, 1.807) is 12.3 Å². The lowest BCUT2D eigenvalue weighted by Gasteiger charge is -2.37. The molecule has 1 unspecified atom stereocenters. The molecular formula is C27H31N3O3. The van der Waals surface area contributed by atoms with Crippen LogP contribution in [0.15, 0.2) is 79.0 Å². The third-order valence-corrected chi connectivity index (χ3v) is 5.98. The molecule has 6 heteroatoms. The van der Waals surface area contributed by atoms with Gasteiger partial charge in [-0.15, -0.1) is 0 Å². The first-order chi connectivity index (χ1) is 16.1. The van der Waals surface area contributed by atoms with E-state index in [2.05, 4.69) is 9.88 Å². The van der Waals surface area contributed by atoms with Gasteiger partial charge in [-0.25, -0.2) is 0 Å². The van der Waals surface area contributed by atoms with Crippen molar-refractivity contribution in [3.63, 3.8) is 0 Å². The quantitative estimate of drug-likeness (QED) is 0.577. The van der Waals surface area contributed by atoms with Crippen molar-refractivity contribution < 1.29 is 14.6 Å². The highest BCUT2D eigenvalue weighted by molar-refractivity contribution is 5.87. The molecule has 1 aromatic heterocycles. The first-order valence-corrected chi connectivity index (χ1v) is 11.4. The third kappa shape index (κ3) is 6.18. The predicted octanol–water partition coefficient (Wildman–Crippen LogP) is 3.11. The van der Waals surface area contributed by atoms with Crippen LogP contribution in [-0.4, -0.2) is 71.2 Å². The molecule has 172 valence electrons. The van der Waals surface area contributed by atoms with Gasteiger partial charge in [-0.3, -0.25) is 14.7 Å². The van der Waals surface area contributed by atoms with Crippen molar-refractivity contribution in [1.82, 2.24) is 14.8 Å². The number of β-amino-alcohol motifs (C(OH)–C–C–N with tert-alkyl or cyclic N) is 1. The van der Waals surface area contributed by atoms with E-state index >= 15 is 0 Å². The van der Waals surface area contributed by atoms with Crippen LogP contribution in [0.4, 0.5) is 0 Å². The number of benzene rings is 2. The van der Waals surface area contributed by atoms with Gasteiger partial charge in [0, 0.05) is 50.7 Å². The molecule has 2 aromatic carbocycles. The number of pyridine rings is 1. The standard InChI is InChI=1S/C27H31N3O3/c1-21-18-25(12-13-28-21)33-20-24(31)19-29-14-16-30(17-15-29)27(32)26(22-8-4-2-5-9-22)23-10-6-3-7-11-23/h2-13,18,24,26,31H,14-17,19-20H2,1H3. The summed E-state index contributed by atoms with van der Waals surface area (Å²) in [7, 11) is 0. The number of hydrogen-bond acceptors (Lipinski definition) is 5. The van der Waals surface area contributed by atoms with E-state index < -0.39 is 6.10 Å². The van der Waals surface area contributed by atoms with E-state index in [0.29, 0.717) is 25.4 Å². The Bertz CT molecular complexity index is 982. The maximum Gasteiger partial charge on any atom is 0.234 e. The Labute approximate surface area is 195 Å². The molecule has 1 aliphatic heterocycles. The number of rotatable bonds is 8. The molecule has 6 nitrogen and oxygen atoms in total. The number of carbonyl (C=O) groups is 1. The summed E-state index contributed by atoms with van der Waals surface area (Å²) in [6.45, 7) is 5.41. The SMILES string of the molecule is Cc1cc(OCC(O)CN2CCN(C(=O)C(c3ccccc3)c3ccccc3)CC2)ccn1. The molecular weight excluding hydrogens is 414 g/mol. The smallest absolute Gasteiger partial charge is 0.234 e. The summed E-state index contributed by atoms with van der Waals surface area (Å²) < 4.78 is 5.70.